The van der Waals surface area contributed by atoms with Crippen molar-refractivity contribution in [3.8, 4) is 11.5 Å². The average molecular weight is 398 g/mol. The van der Waals surface area contributed by atoms with E-state index in [1.807, 2.05) is 6.92 Å². The monoisotopic (exact) mass is 398 g/mol. The standard InChI is InChI=1S/C22H26N2O5/c1-2-23-21(25)15-29-19-6-3-5-17(13-19)24-22(26)16-8-10-18(11-9-16)28-14-20-7-4-12-27-20/h3,5-6,8-11,13,20H,2,4,7,12,14-15H2,1H3,(H,23,25)(H,24,26). The molecule has 0 radical (unpaired) electrons. The lowest BCUT2D eigenvalue weighted by Gasteiger charge is -2.12. The summed E-state index contributed by atoms with van der Waals surface area (Å²) in [7, 11) is 0. The number of nitrogens with one attached hydrogen (secondary N) is 2. The van der Waals surface area contributed by atoms with Crippen molar-refractivity contribution in [1.82, 2.24) is 5.32 Å². The molecule has 0 aromatic heterocycles. The number of amides is 2. The van der Waals surface area contributed by atoms with Gasteiger partial charge in [0.25, 0.3) is 11.8 Å². The molecule has 1 heterocycles. The first-order chi connectivity index (χ1) is 14.1. The highest BCUT2D eigenvalue weighted by Crippen LogP contribution is 2.20. The zero-order valence-corrected chi connectivity index (χ0v) is 16.5. The maximum atomic E-state index is 12.5. The van der Waals surface area contributed by atoms with Crippen LogP contribution in [0.3, 0.4) is 0 Å². The number of benzene rings is 2. The number of ether oxygens (including phenoxy) is 3. The van der Waals surface area contributed by atoms with Gasteiger partial charge in [0.05, 0.1) is 6.10 Å². The van der Waals surface area contributed by atoms with Crippen LogP contribution in [0.1, 0.15) is 30.1 Å². The Kier molecular flexibility index (Phi) is 7.47. The first kappa shape index (κ1) is 20.7. The Balaban J connectivity index is 1.51. The molecule has 1 saturated heterocycles. The summed E-state index contributed by atoms with van der Waals surface area (Å²) in [4.78, 5) is 24.0. The predicted octanol–water partition coefficient (Wildman–Crippen LogP) is 3.01. The quantitative estimate of drug-likeness (QED) is 0.678. The van der Waals surface area contributed by atoms with Gasteiger partial charge in [-0.15, -0.1) is 0 Å². The zero-order chi connectivity index (χ0) is 20.5. The van der Waals surface area contributed by atoms with Gasteiger partial charge < -0.3 is 24.8 Å². The second kappa shape index (κ2) is 10.5. The van der Waals surface area contributed by atoms with Crippen LogP contribution in [0.5, 0.6) is 11.5 Å². The van der Waals surface area contributed by atoms with Crippen molar-refractivity contribution in [3.63, 3.8) is 0 Å². The maximum absolute atomic E-state index is 12.5. The summed E-state index contributed by atoms with van der Waals surface area (Å²) in [5.41, 5.74) is 1.10. The average Bonchev–Trinajstić information content (AvgIpc) is 3.25. The van der Waals surface area contributed by atoms with Gasteiger partial charge in [-0.25, -0.2) is 0 Å². The highest BCUT2D eigenvalue weighted by molar-refractivity contribution is 6.04. The van der Waals surface area contributed by atoms with Gasteiger partial charge in [-0.05, 0) is 56.2 Å². The molecule has 2 aromatic rings. The van der Waals surface area contributed by atoms with E-state index in [2.05, 4.69) is 10.6 Å². The van der Waals surface area contributed by atoms with Crippen molar-refractivity contribution >= 4 is 17.5 Å². The lowest BCUT2D eigenvalue weighted by Crippen LogP contribution is -2.28. The van der Waals surface area contributed by atoms with Crippen molar-refractivity contribution in [3.05, 3.63) is 54.1 Å². The second-order valence-electron chi connectivity index (χ2n) is 6.69. The molecule has 1 aliphatic heterocycles. The van der Waals surface area contributed by atoms with E-state index < -0.39 is 0 Å². The summed E-state index contributed by atoms with van der Waals surface area (Å²) >= 11 is 0. The van der Waals surface area contributed by atoms with E-state index in [1.54, 1.807) is 48.5 Å². The molecule has 7 nitrogen and oxygen atoms in total. The van der Waals surface area contributed by atoms with E-state index in [0.29, 0.717) is 35.9 Å². The van der Waals surface area contributed by atoms with Crippen molar-refractivity contribution in [2.75, 3.05) is 31.7 Å². The minimum Gasteiger partial charge on any atom is -0.491 e. The molecule has 2 N–H and O–H groups in total. The van der Waals surface area contributed by atoms with Crippen LogP contribution in [-0.4, -0.2) is 44.3 Å². The van der Waals surface area contributed by atoms with Gasteiger partial charge in [-0.2, -0.15) is 0 Å². The van der Waals surface area contributed by atoms with E-state index in [-0.39, 0.29) is 24.5 Å². The van der Waals surface area contributed by atoms with Gasteiger partial charge in [0, 0.05) is 30.5 Å². The highest BCUT2D eigenvalue weighted by atomic mass is 16.5. The number of carbonyl (C=O) groups is 2. The molecule has 2 aromatic carbocycles. The van der Waals surface area contributed by atoms with E-state index in [1.165, 1.54) is 0 Å². The van der Waals surface area contributed by atoms with Crippen molar-refractivity contribution in [2.45, 2.75) is 25.9 Å². The zero-order valence-electron chi connectivity index (χ0n) is 16.5. The normalized spacial score (nSPS) is 15.6. The molecule has 1 atom stereocenters. The van der Waals surface area contributed by atoms with Gasteiger partial charge >= 0.3 is 0 Å². The smallest absolute Gasteiger partial charge is 0.257 e. The van der Waals surface area contributed by atoms with Gasteiger partial charge in [0.15, 0.2) is 6.61 Å². The summed E-state index contributed by atoms with van der Waals surface area (Å²) < 4.78 is 16.7. The predicted molar refractivity (Wildman–Crippen MR) is 109 cm³/mol. The lowest BCUT2D eigenvalue weighted by molar-refractivity contribution is -0.122. The van der Waals surface area contributed by atoms with Crippen molar-refractivity contribution < 1.29 is 23.8 Å². The molecule has 0 saturated carbocycles. The van der Waals surface area contributed by atoms with Crippen LogP contribution in [0, 0.1) is 0 Å². The summed E-state index contributed by atoms with van der Waals surface area (Å²) in [6.07, 6.45) is 2.25. The number of anilines is 1. The van der Waals surface area contributed by atoms with E-state index in [0.717, 1.165) is 19.4 Å². The molecule has 7 heteroatoms. The van der Waals surface area contributed by atoms with Gasteiger partial charge in [0.2, 0.25) is 0 Å². The highest BCUT2D eigenvalue weighted by Gasteiger charge is 2.16. The first-order valence-electron chi connectivity index (χ1n) is 9.79. The number of carbonyl (C=O) groups excluding carboxylic acids is 2. The second-order valence-corrected chi connectivity index (χ2v) is 6.69. The van der Waals surface area contributed by atoms with Crippen LogP contribution >= 0.6 is 0 Å². The van der Waals surface area contributed by atoms with Crippen molar-refractivity contribution in [2.24, 2.45) is 0 Å². The molecule has 29 heavy (non-hydrogen) atoms. The third-order valence-electron chi connectivity index (χ3n) is 4.41. The van der Waals surface area contributed by atoms with Crippen LogP contribution in [0.15, 0.2) is 48.5 Å². The minimum atomic E-state index is -0.239. The Morgan fingerprint density at radius 3 is 2.66 bits per heavy atom. The van der Waals surface area contributed by atoms with E-state index in [4.69, 9.17) is 14.2 Å². The van der Waals surface area contributed by atoms with Crippen LogP contribution < -0.4 is 20.1 Å². The fourth-order valence-corrected chi connectivity index (χ4v) is 2.93. The molecule has 1 fully saturated rings. The molecule has 2 amide bonds. The molecular weight excluding hydrogens is 372 g/mol. The van der Waals surface area contributed by atoms with Gasteiger partial charge in [-0.3, -0.25) is 9.59 Å². The van der Waals surface area contributed by atoms with E-state index in [9.17, 15) is 9.59 Å². The van der Waals surface area contributed by atoms with Crippen LogP contribution in [-0.2, 0) is 9.53 Å². The molecular formula is C22H26N2O5. The van der Waals surface area contributed by atoms with Gasteiger partial charge in [0.1, 0.15) is 18.1 Å². The number of likely N-dealkylation sites (N-methyl/N-ethyl adjacent to an activating group) is 1. The van der Waals surface area contributed by atoms with Crippen molar-refractivity contribution in [1.29, 1.82) is 0 Å². The molecule has 154 valence electrons. The van der Waals surface area contributed by atoms with Gasteiger partial charge in [-0.1, -0.05) is 6.07 Å². The lowest BCUT2D eigenvalue weighted by atomic mass is 10.2. The Bertz CT molecular complexity index is 816. The topological polar surface area (TPSA) is 85.9 Å². The third kappa shape index (κ3) is 6.50. The largest absolute Gasteiger partial charge is 0.491 e. The summed E-state index contributed by atoms with van der Waals surface area (Å²) in [5, 5.41) is 5.49. The number of hydrogen-bond acceptors (Lipinski definition) is 5. The Morgan fingerprint density at radius 2 is 1.93 bits per heavy atom. The Morgan fingerprint density at radius 1 is 1.10 bits per heavy atom. The SMILES string of the molecule is CCNC(=O)COc1cccc(NC(=O)c2ccc(OCC3CCCO3)cc2)c1. The van der Waals surface area contributed by atoms with Crippen LogP contribution in [0.2, 0.25) is 0 Å². The third-order valence-corrected chi connectivity index (χ3v) is 4.41. The number of hydrogen-bond donors (Lipinski definition) is 2. The summed E-state index contributed by atoms with van der Waals surface area (Å²) in [5.74, 6) is 0.782. The Hall–Kier alpha value is -3.06. The molecule has 0 spiro atoms. The molecule has 1 unspecified atom stereocenters. The Labute approximate surface area is 170 Å². The summed E-state index contributed by atoms with van der Waals surface area (Å²) in [6.45, 7) is 3.64. The fraction of sp³-hybridized carbons (Fsp3) is 0.364. The summed E-state index contributed by atoms with van der Waals surface area (Å²) in [6, 6.07) is 13.9. The van der Waals surface area contributed by atoms with E-state index >= 15 is 0 Å². The fourth-order valence-electron chi connectivity index (χ4n) is 2.93. The maximum Gasteiger partial charge on any atom is 0.257 e. The molecule has 1 aliphatic rings. The molecule has 3 rings (SSSR count). The minimum absolute atomic E-state index is 0.0708. The number of rotatable bonds is 9. The molecule has 0 aliphatic carbocycles. The first-order valence-corrected chi connectivity index (χ1v) is 9.79. The molecule has 0 bridgehead atoms. The van der Waals surface area contributed by atoms with Crippen LogP contribution in [0.4, 0.5) is 5.69 Å². The van der Waals surface area contributed by atoms with Crippen LogP contribution in [0.25, 0.3) is 0 Å².